The van der Waals surface area contributed by atoms with Crippen molar-refractivity contribution in [3.8, 4) is 0 Å². The molecule has 0 aromatic carbocycles. The fourth-order valence-electron chi connectivity index (χ4n) is 6.24. The molecule has 0 aromatic rings. The molecule has 0 saturated heterocycles. The van der Waals surface area contributed by atoms with E-state index in [2.05, 4.69) is 13.8 Å². The molecule has 58 heavy (non-hydrogen) atoms. The molecule has 0 N–H and O–H groups in total. The Labute approximate surface area is 353 Å². The first-order valence-corrected chi connectivity index (χ1v) is 24.4. The zero-order valence-corrected chi connectivity index (χ0v) is 38.8. The predicted octanol–water partition coefficient (Wildman–Crippen LogP) is 12.2. The number of phosphoric acid groups is 1. The van der Waals surface area contributed by atoms with Crippen molar-refractivity contribution < 1.29 is 56.3 Å². The second-order valence-corrected chi connectivity index (χ2v) is 18.4. The lowest BCUT2D eigenvalue weighted by Gasteiger charge is -2.23. The first-order chi connectivity index (χ1) is 27.8. The summed E-state index contributed by atoms with van der Waals surface area (Å²) >= 11 is 0. The van der Waals surface area contributed by atoms with Gasteiger partial charge in [0.2, 0.25) is 0 Å². The molecule has 0 saturated carbocycles. The largest absolute Gasteiger partial charge is 0.474 e. The van der Waals surface area contributed by atoms with Gasteiger partial charge in [0.1, 0.15) is 13.2 Å². The van der Waals surface area contributed by atoms with Gasteiger partial charge in [-0.25, -0.2) is 4.57 Å². The van der Waals surface area contributed by atoms with Gasteiger partial charge < -0.3 is 18.9 Å². The zero-order chi connectivity index (χ0) is 43.3. The zero-order valence-electron chi connectivity index (χ0n) is 37.9. The summed E-state index contributed by atoms with van der Waals surface area (Å²) < 4.78 is 51.6. The number of phosphoric ester groups is 1. The molecule has 12 nitrogen and oxygen atoms in total. The standard InChI is InChI=1S/C45H85O12P/c1-8-10-12-14-16-18-20-22-24-26-28-30-42(46)52-34-40(56-43(47)31-29-27-25-23-21-19-17-15-13-11-9-2)36-54-58(50,51-7)55-37-41(57-45(49)33-39(5)6)35-53-44(48)32-38(3)4/h38-41H,8-37H2,1-7H3/t40-,41?,58?/m1/s1. The van der Waals surface area contributed by atoms with E-state index in [1.54, 1.807) is 0 Å². The summed E-state index contributed by atoms with van der Waals surface area (Å²) in [5.74, 6) is -1.79. The Bertz CT molecular complexity index is 1080. The molecule has 0 aliphatic carbocycles. The van der Waals surface area contributed by atoms with Crippen LogP contribution in [-0.4, -0.2) is 69.6 Å². The van der Waals surface area contributed by atoms with Gasteiger partial charge >= 0.3 is 31.7 Å². The van der Waals surface area contributed by atoms with Crippen LogP contribution in [0, 0.1) is 11.8 Å². The van der Waals surface area contributed by atoms with E-state index < -0.39 is 57.1 Å². The van der Waals surface area contributed by atoms with E-state index >= 15 is 0 Å². The molecule has 3 atom stereocenters. The molecule has 0 amide bonds. The van der Waals surface area contributed by atoms with E-state index in [1.807, 2.05) is 27.7 Å². The maximum Gasteiger partial charge on any atom is 0.474 e. The van der Waals surface area contributed by atoms with Crippen molar-refractivity contribution in [2.24, 2.45) is 11.8 Å². The smallest absolute Gasteiger partial charge is 0.462 e. The van der Waals surface area contributed by atoms with E-state index in [0.29, 0.717) is 12.8 Å². The molecule has 2 unspecified atom stereocenters. The van der Waals surface area contributed by atoms with Crippen molar-refractivity contribution in [3.05, 3.63) is 0 Å². The van der Waals surface area contributed by atoms with Crippen LogP contribution < -0.4 is 0 Å². The van der Waals surface area contributed by atoms with Crippen molar-refractivity contribution in [1.82, 2.24) is 0 Å². The molecular weight excluding hydrogens is 763 g/mol. The third kappa shape index (κ3) is 35.9. The molecule has 0 aliphatic heterocycles. The van der Waals surface area contributed by atoms with Gasteiger partial charge in [-0.1, -0.05) is 170 Å². The number of rotatable bonds is 41. The lowest BCUT2D eigenvalue weighted by molar-refractivity contribution is -0.163. The summed E-state index contributed by atoms with van der Waals surface area (Å²) in [4.78, 5) is 50.2. The average Bonchev–Trinajstić information content (AvgIpc) is 3.17. The molecule has 0 heterocycles. The first kappa shape index (κ1) is 56.0. The van der Waals surface area contributed by atoms with Crippen LogP contribution in [0.15, 0.2) is 0 Å². The van der Waals surface area contributed by atoms with Crippen LogP contribution in [-0.2, 0) is 56.3 Å². The Balaban J connectivity index is 5.17. The average molecular weight is 849 g/mol. The Hall–Kier alpha value is -2.01. The lowest BCUT2D eigenvalue weighted by Crippen LogP contribution is -2.31. The Kier molecular flexibility index (Phi) is 36.6. The predicted molar refractivity (Wildman–Crippen MR) is 229 cm³/mol. The summed E-state index contributed by atoms with van der Waals surface area (Å²) in [6.07, 6.45) is 24.1. The van der Waals surface area contributed by atoms with Crippen LogP contribution in [0.2, 0.25) is 0 Å². The highest BCUT2D eigenvalue weighted by Crippen LogP contribution is 2.49. The van der Waals surface area contributed by atoms with Crippen LogP contribution in [0.3, 0.4) is 0 Å². The number of carbonyl (C=O) groups is 4. The highest BCUT2D eigenvalue weighted by Gasteiger charge is 2.31. The fourth-order valence-corrected chi connectivity index (χ4v) is 7.22. The second kappa shape index (κ2) is 38.0. The first-order valence-electron chi connectivity index (χ1n) is 23.0. The number of carbonyl (C=O) groups excluding carboxylic acids is 4. The van der Waals surface area contributed by atoms with Gasteiger partial charge in [-0.2, -0.15) is 0 Å². The topological polar surface area (TPSA) is 150 Å². The summed E-state index contributed by atoms with van der Waals surface area (Å²) in [5.41, 5.74) is 0. The van der Waals surface area contributed by atoms with Crippen LogP contribution in [0.5, 0.6) is 0 Å². The maximum atomic E-state index is 13.5. The highest BCUT2D eigenvalue weighted by atomic mass is 31.2. The molecule has 0 aliphatic rings. The highest BCUT2D eigenvalue weighted by molar-refractivity contribution is 7.48. The van der Waals surface area contributed by atoms with Gasteiger partial charge in [0, 0.05) is 32.8 Å². The van der Waals surface area contributed by atoms with E-state index in [4.69, 9.17) is 32.5 Å². The minimum absolute atomic E-state index is 0.0225. The molecular formula is C45H85O12P. The minimum atomic E-state index is -4.29. The fraction of sp³-hybridized carbons (Fsp3) is 0.911. The van der Waals surface area contributed by atoms with Crippen molar-refractivity contribution in [2.75, 3.05) is 33.5 Å². The summed E-state index contributed by atoms with van der Waals surface area (Å²) in [6, 6.07) is 0. The van der Waals surface area contributed by atoms with Crippen LogP contribution in [0.4, 0.5) is 0 Å². The van der Waals surface area contributed by atoms with Crippen LogP contribution >= 0.6 is 7.82 Å². The Morgan fingerprint density at radius 3 is 1.14 bits per heavy atom. The summed E-state index contributed by atoms with van der Waals surface area (Å²) in [6.45, 7) is 10.4. The van der Waals surface area contributed by atoms with Crippen molar-refractivity contribution >= 4 is 31.7 Å². The number of hydrogen-bond acceptors (Lipinski definition) is 12. The Morgan fingerprint density at radius 2 is 0.759 bits per heavy atom. The van der Waals surface area contributed by atoms with Gasteiger partial charge in [0.25, 0.3) is 0 Å². The molecule has 0 rings (SSSR count). The number of hydrogen-bond donors (Lipinski definition) is 0. The molecule has 0 radical (unpaired) electrons. The quantitative estimate of drug-likeness (QED) is 0.0249. The minimum Gasteiger partial charge on any atom is -0.462 e. The van der Waals surface area contributed by atoms with Gasteiger partial charge in [-0.3, -0.25) is 32.7 Å². The van der Waals surface area contributed by atoms with Gasteiger partial charge in [-0.15, -0.1) is 0 Å². The molecule has 0 bridgehead atoms. The molecule has 0 aromatic heterocycles. The third-order valence-corrected chi connectivity index (χ3v) is 11.0. The Morgan fingerprint density at radius 1 is 0.431 bits per heavy atom. The van der Waals surface area contributed by atoms with Crippen LogP contribution in [0.1, 0.15) is 208 Å². The number of unbranched alkanes of at least 4 members (excludes halogenated alkanes) is 20. The van der Waals surface area contributed by atoms with Crippen molar-refractivity contribution in [3.63, 3.8) is 0 Å². The van der Waals surface area contributed by atoms with E-state index in [-0.39, 0.29) is 50.7 Å². The maximum absolute atomic E-state index is 13.5. The lowest BCUT2D eigenvalue weighted by atomic mass is 10.1. The van der Waals surface area contributed by atoms with Gasteiger partial charge in [0.15, 0.2) is 12.2 Å². The number of ether oxygens (including phenoxy) is 4. The summed E-state index contributed by atoms with van der Waals surface area (Å²) in [7, 11) is -3.16. The van der Waals surface area contributed by atoms with Crippen LogP contribution in [0.25, 0.3) is 0 Å². The van der Waals surface area contributed by atoms with Crippen molar-refractivity contribution in [2.45, 2.75) is 221 Å². The molecule has 0 spiro atoms. The molecule has 13 heteroatoms. The van der Waals surface area contributed by atoms with E-state index in [9.17, 15) is 23.7 Å². The summed E-state index contributed by atoms with van der Waals surface area (Å²) in [5, 5.41) is 0. The third-order valence-electron chi connectivity index (χ3n) is 9.64. The van der Waals surface area contributed by atoms with Gasteiger partial charge in [-0.05, 0) is 24.7 Å². The monoisotopic (exact) mass is 849 g/mol. The van der Waals surface area contributed by atoms with Gasteiger partial charge in [0.05, 0.1) is 13.2 Å². The molecule has 342 valence electrons. The second-order valence-electron chi connectivity index (χ2n) is 16.6. The molecule has 0 fully saturated rings. The van der Waals surface area contributed by atoms with E-state index in [0.717, 1.165) is 45.6 Å². The van der Waals surface area contributed by atoms with E-state index in [1.165, 1.54) is 89.9 Å². The van der Waals surface area contributed by atoms with Crippen molar-refractivity contribution in [1.29, 1.82) is 0 Å². The number of esters is 4. The SMILES string of the molecule is CCCCCCCCCCCCCC(=O)OC[C@H](COP(=O)(OC)OCC(COC(=O)CC(C)C)OC(=O)CC(C)C)OC(=O)CCCCCCCCCCCCC. The normalized spacial score (nSPS) is 13.6.